The number of carbonyl (C=O) groups is 2. The van der Waals surface area contributed by atoms with Crippen molar-refractivity contribution in [3.8, 4) is 0 Å². The highest BCUT2D eigenvalue weighted by atomic mass is 16.4. The summed E-state index contributed by atoms with van der Waals surface area (Å²) < 4.78 is 1.51. The monoisotopic (exact) mass is 211 g/mol. The van der Waals surface area contributed by atoms with Gasteiger partial charge in [-0.15, -0.1) is 0 Å². The zero-order chi connectivity index (χ0) is 11.4. The first-order valence-corrected chi connectivity index (χ1v) is 4.52. The number of aryl methyl sites for hydroxylation is 1. The summed E-state index contributed by atoms with van der Waals surface area (Å²) in [6, 6.07) is 0. The minimum absolute atomic E-state index is 0.108. The molecule has 0 saturated carbocycles. The van der Waals surface area contributed by atoms with Crippen LogP contribution in [0.25, 0.3) is 0 Å². The minimum atomic E-state index is -1.03. The van der Waals surface area contributed by atoms with Crippen molar-refractivity contribution in [2.24, 2.45) is 0 Å². The van der Waals surface area contributed by atoms with Crippen molar-refractivity contribution in [3.63, 3.8) is 0 Å². The molecular weight excluding hydrogens is 198 g/mol. The van der Waals surface area contributed by atoms with E-state index < -0.39 is 5.97 Å². The summed E-state index contributed by atoms with van der Waals surface area (Å²) in [6.07, 6.45) is 1.54. The van der Waals surface area contributed by atoms with Gasteiger partial charge in [0, 0.05) is 20.0 Å². The topological polar surface area (TPSA) is 84.2 Å². The zero-order valence-electron chi connectivity index (χ0n) is 8.65. The molecule has 0 bridgehead atoms. The third-order valence-corrected chi connectivity index (χ3v) is 2.12. The van der Waals surface area contributed by atoms with Crippen molar-refractivity contribution in [1.82, 2.24) is 14.9 Å². The van der Waals surface area contributed by atoms with Gasteiger partial charge in [0.05, 0.1) is 6.20 Å². The lowest BCUT2D eigenvalue weighted by Crippen LogP contribution is -2.21. The van der Waals surface area contributed by atoms with Crippen LogP contribution >= 0.6 is 0 Å². The molecule has 0 aromatic carbocycles. The Morgan fingerprint density at radius 1 is 1.60 bits per heavy atom. The molecule has 6 nitrogen and oxygen atoms in total. The predicted molar refractivity (Wildman–Crippen MR) is 52.6 cm³/mol. The van der Waals surface area contributed by atoms with E-state index in [0.717, 1.165) is 0 Å². The van der Waals surface area contributed by atoms with Gasteiger partial charge >= 0.3 is 5.97 Å². The van der Waals surface area contributed by atoms with Gasteiger partial charge in [-0.05, 0) is 6.92 Å². The fourth-order valence-electron chi connectivity index (χ4n) is 1.26. The molecule has 6 heteroatoms. The van der Waals surface area contributed by atoms with Gasteiger partial charge < -0.3 is 15.0 Å². The van der Waals surface area contributed by atoms with Crippen molar-refractivity contribution in [2.45, 2.75) is 19.9 Å². The van der Waals surface area contributed by atoms with Crippen LogP contribution in [0.5, 0.6) is 0 Å². The second-order valence-corrected chi connectivity index (χ2v) is 3.07. The zero-order valence-corrected chi connectivity index (χ0v) is 8.65. The summed E-state index contributed by atoms with van der Waals surface area (Å²) in [5, 5.41) is 11.3. The Hall–Kier alpha value is -1.85. The van der Waals surface area contributed by atoms with Crippen molar-refractivity contribution in [1.29, 1.82) is 0 Å². The lowest BCUT2D eigenvalue weighted by molar-refractivity contribution is -0.120. The molecule has 15 heavy (non-hydrogen) atoms. The molecule has 2 N–H and O–H groups in total. The molecule has 1 aromatic rings. The average Bonchev–Trinajstić information content (AvgIpc) is 2.56. The SMILES string of the molecule is CNC(=O)CCn1c(C(=O)O)cnc1C. The third-order valence-electron chi connectivity index (χ3n) is 2.12. The van der Waals surface area contributed by atoms with Gasteiger partial charge in [-0.2, -0.15) is 0 Å². The van der Waals surface area contributed by atoms with Crippen LogP contribution in [0.1, 0.15) is 22.7 Å². The van der Waals surface area contributed by atoms with Crippen LogP contribution in [0.2, 0.25) is 0 Å². The third kappa shape index (κ3) is 2.55. The maximum absolute atomic E-state index is 11.0. The van der Waals surface area contributed by atoms with Crippen LogP contribution in [-0.2, 0) is 11.3 Å². The first-order valence-electron chi connectivity index (χ1n) is 4.52. The van der Waals surface area contributed by atoms with Gasteiger partial charge in [0.1, 0.15) is 11.5 Å². The highest BCUT2D eigenvalue weighted by molar-refractivity contribution is 5.85. The van der Waals surface area contributed by atoms with Gasteiger partial charge in [-0.3, -0.25) is 4.79 Å². The number of carboxylic acid groups (broad SMARTS) is 1. The fourth-order valence-corrected chi connectivity index (χ4v) is 1.26. The van der Waals surface area contributed by atoms with Gasteiger partial charge in [-0.25, -0.2) is 9.78 Å². The van der Waals surface area contributed by atoms with Gasteiger partial charge in [0.2, 0.25) is 5.91 Å². The van der Waals surface area contributed by atoms with Crippen LogP contribution in [0, 0.1) is 6.92 Å². The second-order valence-electron chi connectivity index (χ2n) is 3.07. The van der Waals surface area contributed by atoms with E-state index in [1.807, 2.05) is 0 Å². The summed E-state index contributed by atoms with van der Waals surface area (Å²) in [7, 11) is 1.54. The molecule has 1 aromatic heterocycles. The molecule has 0 spiro atoms. The molecule has 0 atom stereocenters. The van der Waals surface area contributed by atoms with Crippen LogP contribution in [0.4, 0.5) is 0 Å². The lowest BCUT2D eigenvalue weighted by Gasteiger charge is -2.06. The Morgan fingerprint density at radius 3 is 2.80 bits per heavy atom. The van der Waals surface area contributed by atoms with Crippen LogP contribution in [-0.4, -0.2) is 33.6 Å². The summed E-state index contributed by atoms with van der Waals surface area (Å²) in [4.78, 5) is 25.7. The summed E-state index contributed by atoms with van der Waals surface area (Å²) in [6.45, 7) is 2.03. The van der Waals surface area contributed by atoms with E-state index in [4.69, 9.17) is 5.11 Å². The van der Waals surface area contributed by atoms with Gasteiger partial charge in [-0.1, -0.05) is 0 Å². The van der Waals surface area contributed by atoms with Gasteiger partial charge in [0.15, 0.2) is 0 Å². The molecule has 0 aliphatic rings. The number of rotatable bonds is 4. The van der Waals surface area contributed by atoms with E-state index in [-0.39, 0.29) is 18.0 Å². The normalized spacial score (nSPS) is 10.0. The van der Waals surface area contributed by atoms with Crippen LogP contribution < -0.4 is 5.32 Å². The smallest absolute Gasteiger partial charge is 0.354 e. The molecular formula is C9H13N3O3. The standard InChI is InChI=1S/C9H13N3O3/c1-6-11-5-7(9(14)15)12(6)4-3-8(13)10-2/h5H,3-4H2,1-2H3,(H,10,13)(H,14,15). The minimum Gasteiger partial charge on any atom is -0.477 e. The van der Waals surface area contributed by atoms with Crippen LogP contribution in [0.3, 0.4) is 0 Å². The van der Waals surface area contributed by atoms with Crippen molar-refractivity contribution in [2.75, 3.05) is 7.05 Å². The molecule has 0 fully saturated rings. The van der Waals surface area contributed by atoms with Gasteiger partial charge in [0.25, 0.3) is 0 Å². The molecule has 1 amide bonds. The molecule has 1 rings (SSSR count). The molecule has 0 saturated heterocycles. The first kappa shape index (κ1) is 11.2. The van der Waals surface area contributed by atoms with Crippen molar-refractivity contribution in [3.05, 3.63) is 17.7 Å². The number of aromatic nitrogens is 2. The Balaban J connectivity index is 2.79. The summed E-state index contributed by atoms with van der Waals surface area (Å²) in [5.74, 6) is -0.566. The number of hydrogen-bond acceptors (Lipinski definition) is 3. The van der Waals surface area contributed by atoms with Crippen molar-refractivity contribution < 1.29 is 14.7 Å². The number of amides is 1. The Morgan fingerprint density at radius 2 is 2.27 bits per heavy atom. The number of carbonyl (C=O) groups excluding carboxylic acids is 1. The first-order chi connectivity index (χ1) is 7.06. The molecule has 0 radical (unpaired) electrons. The maximum Gasteiger partial charge on any atom is 0.354 e. The van der Waals surface area contributed by atoms with E-state index in [9.17, 15) is 9.59 Å². The largest absolute Gasteiger partial charge is 0.477 e. The highest BCUT2D eigenvalue weighted by Crippen LogP contribution is 2.05. The average molecular weight is 211 g/mol. The Labute approximate surface area is 86.9 Å². The molecule has 82 valence electrons. The fraction of sp³-hybridized carbons (Fsp3) is 0.444. The maximum atomic E-state index is 11.0. The number of imidazole rings is 1. The molecule has 0 unspecified atom stereocenters. The number of nitrogens with one attached hydrogen (secondary N) is 1. The number of hydrogen-bond donors (Lipinski definition) is 2. The van der Waals surface area contributed by atoms with E-state index in [1.165, 1.54) is 10.8 Å². The number of nitrogens with zero attached hydrogens (tertiary/aromatic N) is 2. The molecule has 0 aliphatic carbocycles. The van der Waals surface area contributed by atoms with Crippen LogP contribution in [0.15, 0.2) is 6.20 Å². The highest BCUT2D eigenvalue weighted by Gasteiger charge is 2.13. The van der Waals surface area contributed by atoms with E-state index in [1.54, 1.807) is 14.0 Å². The van der Waals surface area contributed by atoms with E-state index in [0.29, 0.717) is 12.4 Å². The predicted octanol–water partition coefficient (Wildman–Crippen LogP) is 0.0258. The Kier molecular flexibility index (Phi) is 3.43. The quantitative estimate of drug-likeness (QED) is 0.735. The summed E-state index contributed by atoms with van der Waals surface area (Å²) >= 11 is 0. The second kappa shape index (κ2) is 4.59. The van der Waals surface area contributed by atoms with E-state index in [2.05, 4.69) is 10.3 Å². The summed E-state index contributed by atoms with van der Waals surface area (Å²) in [5.41, 5.74) is 0.108. The lowest BCUT2D eigenvalue weighted by atomic mass is 10.3. The molecule has 1 heterocycles. The molecule has 0 aliphatic heterocycles. The van der Waals surface area contributed by atoms with Crippen molar-refractivity contribution >= 4 is 11.9 Å². The number of aromatic carboxylic acids is 1. The number of carboxylic acids is 1. The Bertz CT molecular complexity index is 384. The van der Waals surface area contributed by atoms with E-state index >= 15 is 0 Å².